The van der Waals surface area contributed by atoms with Gasteiger partial charge in [-0.2, -0.15) is 0 Å². The molecule has 0 aliphatic carbocycles. The third-order valence-electron chi connectivity index (χ3n) is 3.04. The number of carbonyl (C=O) groups excluding carboxylic acids is 1. The highest BCUT2D eigenvalue weighted by molar-refractivity contribution is 5.91. The summed E-state index contributed by atoms with van der Waals surface area (Å²) < 4.78 is 5.29. The number of halogens is 1. The molecule has 4 nitrogen and oxygen atoms in total. The molecule has 0 spiro atoms. The van der Waals surface area contributed by atoms with Crippen molar-refractivity contribution in [2.24, 2.45) is 0 Å². The van der Waals surface area contributed by atoms with E-state index in [1.54, 1.807) is 12.1 Å². The Bertz CT molecular complexity index is 378. The number of aryl methyl sites for hydroxylation is 1. The summed E-state index contributed by atoms with van der Waals surface area (Å²) in [6.45, 7) is 4.96. The SMILES string of the molecule is Cc1ccc(C(=O)NC2CCCNC2C)o1.Cl. The Labute approximate surface area is 108 Å². The van der Waals surface area contributed by atoms with Gasteiger partial charge >= 0.3 is 0 Å². The standard InChI is InChI=1S/C12H18N2O2.ClH/c1-8-5-6-11(16-8)12(15)14-10-4-3-7-13-9(10)2;/h5-6,9-10,13H,3-4,7H2,1-2H3,(H,14,15);1H. The molecule has 2 atom stereocenters. The van der Waals surface area contributed by atoms with E-state index in [1.807, 2.05) is 6.92 Å². The van der Waals surface area contributed by atoms with Gasteiger partial charge in [0.25, 0.3) is 5.91 Å². The molecule has 0 bridgehead atoms. The Balaban J connectivity index is 0.00000144. The minimum Gasteiger partial charge on any atom is -0.456 e. The maximum absolute atomic E-state index is 11.8. The lowest BCUT2D eigenvalue weighted by Gasteiger charge is -2.30. The van der Waals surface area contributed by atoms with Crippen LogP contribution in [-0.2, 0) is 0 Å². The van der Waals surface area contributed by atoms with E-state index in [-0.39, 0.29) is 24.4 Å². The normalized spacial score (nSPS) is 23.9. The molecular formula is C12H19ClN2O2. The fourth-order valence-corrected chi connectivity index (χ4v) is 2.04. The van der Waals surface area contributed by atoms with Crippen molar-refractivity contribution in [3.63, 3.8) is 0 Å². The predicted octanol–water partition coefficient (Wildman–Crippen LogP) is 1.88. The number of hydrogen-bond acceptors (Lipinski definition) is 3. The van der Waals surface area contributed by atoms with Crippen LogP contribution in [0.3, 0.4) is 0 Å². The van der Waals surface area contributed by atoms with Crippen molar-refractivity contribution in [1.82, 2.24) is 10.6 Å². The van der Waals surface area contributed by atoms with Crippen LogP contribution in [0.2, 0.25) is 0 Å². The van der Waals surface area contributed by atoms with Gasteiger partial charge in [0.05, 0.1) is 0 Å². The molecule has 0 radical (unpaired) electrons. The van der Waals surface area contributed by atoms with E-state index in [0.717, 1.165) is 25.1 Å². The average molecular weight is 259 g/mol. The fourth-order valence-electron chi connectivity index (χ4n) is 2.04. The van der Waals surface area contributed by atoms with Crippen molar-refractivity contribution in [1.29, 1.82) is 0 Å². The molecule has 2 heterocycles. The molecule has 2 N–H and O–H groups in total. The molecule has 1 saturated heterocycles. The zero-order valence-corrected chi connectivity index (χ0v) is 11.0. The molecule has 1 aliphatic heterocycles. The van der Waals surface area contributed by atoms with Crippen LogP contribution in [0.5, 0.6) is 0 Å². The summed E-state index contributed by atoms with van der Waals surface area (Å²) in [4.78, 5) is 11.8. The van der Waals surface area contributed by atoms with Crippen molar-refractivity contribution >= 4 is 18.3 Å². The van der Waals surface area contributed by atoms with Crippen LogP contribution in [0.15, 0.2) is 16.5 Å². The number of hydrogen-bond donors (Lipinski definition) is 2. The van der Waals surface area contributed by atoms with Crippen molar-refractivity contribution in [2.45, 2.75) is 38.8 Å². The minimum atomic E-state index is -0.117. The molecule has 5 heteroatoms. The van der Waals surface area contributed by atoms with Gasteiger partial charge in [-0.05, 0) is 45.4 Å². The first-order valence-electron chi connectivity index (χ1n) is 5.77. The maximum atomic E-state index is 11.8. The second-order valence-corrected chi connectivity index (χ2v) is 4.38. The van der Waals surface area contributed by atoms with Gasteiger partial charge in [-0.1, -0.05) is 0 Å². The van der Waals surface area contributed by atoms with Crippen molar-refractivity contribution < 1.29 is 9.21 Å². The first-order valence-corrected chi connectivity index (χ1v) is 5.77. The molecule has 1 aromatic heterocycles. The van der Waals surface area contributed by atoms with Gasteiger partial charge in [-0.25, -0.2) is 0 Å². The third-order valence-corrected chi connectivity index (χ3v) is 3.04. The van der Waals surface area contributed by atoms with E-state index < -0.39 is 0 Å². The monoisotopic (exact) mass is 258 g/mol. The maximum Gasteiger partial charge on any atom is 0.287 e. The summed E-state index contributed by atoms with van der Waals surface area (Å²) in [6, 6.07) is 4.05. The Morgan fingerprint density at radius 3 is 2.88 bits per heavy atom. The van der Waals surface area contributed by atoms with Crippen LogP contribution in [0.25, 0.3) is 0 Å². The van der Waals surface area contributed by atoms with Gasteiger partial charge in [0, 0.05) is 12.1 Å². The lowest BCUT2D eigenvalue weighted by Crippen LogP contribution is -2.51. The Morgan fingerprint density at radius 1 is 1.53 bits per heavy atom. The second-order valence-electron chi connectivity index (χ2n) is 4.38. The number of furan rings is 1. The molecular weight excluding hydrogens is 240 g/mol. The first-order chi connectivity index (χ1) is 7.66. The van der Waals surface area contributed by atoms with Crippen LogP contribution in [0.4, 0.5) is 0 Å². The summed E-state index contributed by atoms with van der Waals surface area (Å²) in [6.07, 6.45) is 2.13. The number of carbonyl (C=O) groups is 1. The van der Waals surface area contributed by atoms with Crippen LogP contribution >= 0.6 is 12.4 Å². The molecule has 1 amide bonds. The van der Waals surface area contributed by atoms with E-state index in [1.165, 1.54) is 0 Å². The molecule has 0 saturated carbocycles. The molecule has 2 unspecified atom stereocenters. The molecule has 2 rings (SSSR count). The zero-order valence-electron chi connectivity index (χ0n) is 10.2. The van der Waals surface area contributed by atoms with E-state index in [9.17, 15) is 4.79 Å². The highest BCUT2D eigenvalue weighted by atomic mass is 35.5. The molecule has 1 aromatic rings. The fraction of sp³-hybridized carbons (Fsp3) is 0.583. The quantitative estimate of drug-likeness (QED) is 0.852. The second kappa shape index (κ2) is 6.07. The minimum absolute atomic E-state index is 0. The molecule has 1 aliphatic rings. The third kappa shape index (κ3) is 3.48. The topological polar surface area (TPSA) is 54.3 Å². The van der Waals surface area contributed by atoms with Gasteiger partial charge in [-0.3, -0.25) is 4.79 Å². The zero-order chi connectivity index (χ0) is 11.5. The van der Waals surface area contributed by atoms with E-state index >= 15 is 0 Å². The van der Waals surface area contributed by atoms with Crippen molar-refractivity contribution in [3.05, 3.63) is 23.7 Å². The number of rotatable bonds is 2. The van der Waals surface area contributed by atoms with Crippen LogP contribution in [-0.4, -0.2) is 24.5 Å². The van der Waals surface area contributed by atoms with Crippen LogP contribution in [0, 0.1) is 6.92 Å². The van der Waals surface area contributed by atoms with Gasteiger partial charge in [0.1, 0.15) is 5.76 Å². The Kier molecular flexibility index (Phi) is 5.02. The van der Waals surface area contributed by atoms with Crippen molar-refractivity contribution in [2.75, 3.05) is 6.54 Å². The van der Waals surface area contributed by atoms with Crippen LogP contribution < -0.4 is 10.6 Å². The summed E-state index contributed by atoms with van der Waals surface area (Å²) in [7, 11) is 0. The average Bonchev–Trinajstić information content (AvgIpc) is 2.68. The molecule has 0 aromatic carbocycles. The number of nitrogens with one attached hydrogen (secondary N) is 2. The van der Waals surface area contributed by atoms with E-state index in [0.29, 0.717) is 11.8 Å². The van der Waals surface area contributed by atoms with Gasteiger partial charge in [0.15, 0.2) is 5.76 Å². The smallest absolute Gasteiger partial charge is 0.287 e. The first kappa shape index (κ1) is 14.1. The number of piperidine rings is 1. The molecule has 17 heavy (non-hydrogen) atoms. The van der Waals surface area contributed by atoms with Crippen molar-refractivity contribution in [3.8, 4) is 0 Å². The van der Waals surface area contributed by atoms with Crippen LogP contribution in [0.1, 0.15) is 36.1 Å². The summed E-state index contributed by atoms with van der Waals surface area (Å²) in [5.41, 5.74) is 0. The largest absolute Gasteiger partial charge is 0.456 e. The van der Waals surface area contributed by atoms with Gasteiger partial charge in [-0.15, -0.1) is 12.4 Å². The molecule has 96 valence electrons. The Hall–Kier alpha value is -1.00. The predicted molar refractivity (Wildman–Crippen MR) is 68.6 cm³/mol. The number of amides is 1. The summed E-state index contributed by atoms with van der Waals surface area (Å²) in [5.74, 6) is 1.05. The summed E-state index contributed by atoms with van der Waals surface area (Å²) in [5, 5.41) is 6.35. The highest BCUT2D eigenvalue weighted by Gasteiger charge is 2.23. The van der Waals surface area contributed by atoms with E-state index in [2.05, 4.69) is 17.6 Å². The van der Waals surface area contributed by atoms with Gasteiger partial charge < -0.3 is 15.1 Å². The lowest BCUT2D eigenvalue weighted by atomic mass is 10.00. The highest BCUT2D eigenvalue weighted by Crippen LogP contribution is 2.11. The van der Waals surface area contributed by atoms with Gasteiger partial charge in [0.2, 0.25) is 0 Å². The summed E-state index contributed by atoms with van der Waals surface area (Å²) >= 11 is 0. The Morgan fingerprint density at radius 2 is 2.29 bits per heavy atom. The molecule has 1 fully saturated rings. The lowest BCUT2D eigenvalue weighted by molar-refractivity contribution is 0.0890. The van der Waals surface area contributed by atoms with E-state index in [4.69, 9.17) is 4.42 Å².